The van der Waals surface area contributed by atoms with Crippen LogP contribution >= 0.6 is 11.3 Å². The standard InChI is InChI=1S/C18H21N3O4S/c1-11-16(17(24)21(2)3)26-18(19-11)20-15(23)10-9-14(22)12-5-7-13(25-4)8-6-12/h5-8H,9-10H2,1-4H3,(H,19,20,23). The number of nitrogens with zero attached hydrogens (tertiary/aromatic N) is 2. The lowest BCUT2D eigenvalue weighted by Gasteiger charge is -2.07. The monoisotopic (exact) mass is 375 g/mol. The molecule has 0 aliphatic carbocycles. The van der Waals surface area contributed by atoms with Gasteiger partial charge in [0, 0.05) is 32.5 Å². The van der Waals surface area contributed by atoms with Crippen molar-refractivity contribution in [3.05, 3.63) is 40.4 Å². The van der Waals surface area contributed by atoms with Gasteiger partial charge in [0.1, 0.15) is 10.6 Å². The Kier molecular flexibility index (Phi) is 6.46. The molecule has 7 nitrogen and oxygen atoms in total. The topological polar surface area (TPSA) is 88.6 Å². The maximum absolute atomic E-state index is 12.1. The molecule has 0 aliphatic heterocycles. The highest BCUT2D eigenvalue weighted by atomic mass is 32.1. The lowest BCUT2D eigenvalue weighted by atomic mass is 10.1. The van der Waals surface area contributed by atoms with Crippen molar-refractivity contribution in [1.29, 1.82) is 0 Å². The summed E-state index contributed by atoms with van der Waals surface area (Å²) in [7, 11) is 4.87. The van der Waals surface area contributed by atoms with Crippen molar-refractivity contribution in [3.8, 4) is 5.75 Å². The highest BCUT2D eigenvalue weighted by molar-refractivity contribution is 7.17. The summed E-state index contributed by atoms with van der Waals surface area (Å²) < 4.78 is 5.05. The molecule has 0 saturated heterocycles. The minimum absolute atomic E-state index is 0.0421. The van der Waals surface area contributed by atoms with E-state index in [-0.39, 0.29) is 30.4 Å². The summed E-state index contributed by atoms with van der Waals surface area (Å²) in [6.07, 6.45) is 0.131. The summed E-state index contributed by atoms with van der Waals surface area (Å²) in [6, 6.07) is 6.74. The Bertz CT molecular complexity index is 812. The lowest BCUT2D eigenvalue weighted by Crippen LogP contribution is -2.21. The Morgan fingerprint density at radius 2 is 1.81 bits per heavy atom. The number of benzene rings is 1. The number of carbonyl (C=O) groups excluding carboxylic acids is 3. The van der Waals surface area contributed by atoms with Crippen molar-refractivity contribution in [3.63, 3.8) is 0 Å². The number of thiazole rings is 1. The Morgan fingerprint density at radius 1 is 1.15 bits per heavy atom. The molecular formula is C18H21N3O4S. The maximum Gasteiger partial charge on any atom is 0.265 e. The van der Waals surface area contributed by atoms with Gasteiger partial charge in [0.15, 0.2) is 10.9 Å². The number of ketones is 1. The molecule has 1 aromatic carbocycles. The van der Waals surface area contributed by atoms with Gasteiger partial charge in [0.25, 0.3) is 5.91 Å². The predicted octanol–water partition coefficient (Wildman–Crippen LogP) is 2.76. The summed E-state index contributed by atoms with van der Waals surface area (Å²) in [5.74, 6) is 0.0720. The van der Waals surface area contributed by atoms with Crippen LogP contribution in [0.15, 0.2) is 24.3 Å². The van der Waals surface area contributed by atoms with E-state index in [1.807, 2.05) is 0 Å². The molecule has 1 heterocycles. The largest absolute Gasteiger partial charge is 0.497 e. The van der Waals surface area contributed by atoms with E-state index in [1.54, 1.807) is 52.4 Å². The van der Waals surface area contributed by atoms with Crippen molar-refractivity contribution in [1.82, 2.24) is 9.88 Å². The van der Waals surface area contributed by atoms with Gasteiger partial charge in [-0.2, -0.15) is 0 Å². The van der Waals surface area contributed by atoms with Gasteiger partial charge in [-0.15, -0.1) is 0 Å². The Hall–Kier alpha value is -2.74. The number of aromatic nitrogens is 1. The number of rotatable bonds is 7. The first kappa shape index (κ1) is 19.6. The van der Waals surface area contributed by atoms with Crippen LogP contribution < -0.4 is 10.1 Å². The second kappa shape index (κ2) is 8.57. The van der Waals surface area contributed by atoms with E-state index in [2.05, 4.69) is 10.3 Å². The number of methoxy groups -OCH3 is 1. The fourth-order valence-electron chi connectivity index (χ4n) is 2.18. The molecule has 0 spiro atoms. The first-order chi connectivity index (χ1) is 12.3. The van der Waals surface area contributed by atoms with E-state index in [1.165, 1.54) is 4.90 Å². The first-order valence-electron chi connectivity index (χ1n) is 7.98. The van der Waals surface area contributed by atoms with Crippen LogP contribution in [0, 0.1) is 6.92 Å². The van der Waals surface area contributed by atoms with Crippen LogP contribution in [-0.2, 0) is 4.79 Å². The van der Waals surface area contributed by atoms with E-state index >= 15 is 0 Å². The zero-order chi connectivity index (χ0) is 19.3. The number of amides is 2. The fourth-order valence-corrected chi connectivity index (χ4v) is 3.19. The zero-order valence-electron chi connectivity index (χ0n) is 15.2. The summed E-state index contributed by atoms with van der Waals surface area (Å²) >= 11 is 1.13. The quantitative estimate of drug-likeness (QED) is 0.752. The number of aryl methyl sites for hydroxylation is 1. The number of hydrogen-bond acceptors (Lipinski definition) is 6. The summed E-state index contributed by atoms with van der Waals surface area (Å²) in [6.45, 7) is 1.72. The van der Waals surface area contributed by atoms with Crippen molar-refractivity contribution in [2.75, 3.05) is 26.5 Å². The van der Waals surface area contributed by atoms with Gasteiger partial charge in [0.2, 0.25) is 5.91 Å². The molecule has 0 unspecified atom stereocenters. The van der Waals surface area contributed by atoms with Crippen molar-refractivity contribution >= 4 is 34.1 Å². The Balaban J connectivity index is 1.91. The average Bonchev–Trinajstić information content (AvgIpc) is 2.98. The van der Waals surface area contributed by atoms with Crippen molar-refractivity contribution in [2.45, 2.75) is 19.8 Å². The van der Waals surface area contributed by atoms with E-state index in [0.29, 0.717) is 27.0 Å². The maximum atomic E-state index is 12.1. The first-order valence-corrected chi connectivity index (χ1v) is 8.79. The molecule has 138 valence electrons. The van der Waals surface area contributed by atoms with Crippen molar-refractivity contribution < 1.29 is 19.1 Å². The molecule has 0 fully saturated rings. The lowest BCUT2D eigenvalue weighted by molar-refractivity contribution is -0.116. The van der Waals surface area contributed by atoms with Gasteiger partial charge in [-0.3, -0.25) is 14.4 Å². The Morgan fingerprint density at radius 3 is 2.38 bits per heavy atom. The molecule has 2 rings (SSSR count). The molecule has 0 atom stereocenters. The van der Waals surface area contributed by atoms with Gasteiger partial charge < -0.3 is 15.0 Å². The smallest absolute Gasteiger partial charge is 0.265 e. The Labute approximate surface area is 156 Å². The molecule has 0 saturated carbocycles. The molecule has 0 bridgehead atoms. The number of ether oxygens (including phenoxy) is 1. The van der Waals surface area contributed by atoms with Crippen LogP contribution in [0.2, 0.25) is 0 Å². The fraction of sp³-hybridized carbons (Fsp3) is 0.333. The molecule has 26 heavy (non-hydrogen) atoms. The van der Waals surface area contributed by atoms with Crippen molar-refractivity contribution in [2.24, 2.45) is 0 Å². The zero-order valence-corrected chi connectivity index (χ0v) is 16.0. The minimum Gasteiger partial charge on any atom is -0.497 e. The highest BCUT2D eigenvalue weighted by Gasteiger charge is 2.18. The predicted molar refractivity (Wildman–Crippen MR) is 100 cm³/mol. The third-order valence-electron chi connectivity index (χ3n) is 3.63. The molecule has 8 heteroatoms. The second-order valence-electron chi connectivity index (χ2n) is 5.83. The van der Waals surface area contributed by atoms with E-state index in [4.69, 9.17) is 4.74 Å². The third-order valence-corrected chi connectivity index (χ3v) is 4.70. The number of hydrogen-bond donors (Lipinski definition) is 1. The van der Waals surface area contributed by atoms with Gasteiger partial charge in [0.05, 0.1) is 12.8 Å². The van der Waals surface area contributed by atoms with Crippen LogP contribution in [0.3, 0.4) is 0 Å². The van der Waals surface area contributed by atoms with Crippen LogP contribution in [0.4, 0.5) is 5.13 Å². The highest BCUT2D eigenvalue weighted by Crippen LogP contribution is 2.24. The van der Waals surface area contributed by atoms with Crippen LogP contribution in [-0.4, -0.2) is 48.7 Å². The third kappa shape index (κ3) is 4.89. The normalized spacial score (nSPS) is 10.3. The number of nitrogens with one attached hydrogen (secondary N) is 1. The number of Topliss-reactive ketones (excluding diaryl/α,β-unsaturated/α-hetero) is 1. The molecule has 2 amide bonds. The van der Waals surface area contributed by atoms with E-state index in [0.717, 1.165) is 11.3 Å². The second-order valence-corrected chi connectivity index (χ2v) is 6.83. The van der Waals surface area contributed by atoms with Gasteiger partial charge in [-0.05, 0) is 31.2 Å². The van der Waals surface area contributed by atoms with E-state index in [9.17, 15) is 14.4 Å². The van der Waals surface area contributed by atoms with Gasteiger partial charge in [-0.1, -0.05) is 11.3 Å². The molecule has 2 aromatic rings. The van der Waals surface area contributed by atoms with Gasteiger partial charge in [-0.25, -0.2) is 4.98 Å². The van der Waals surface area contributed by atoms with Gasteiger partial charge >= 0.3 is 0 Å². The number of anilines is 1. The SMILES string of the molecule is COc1ccc(C(=O)CCC(=O)Nc2nc(C)c(C(=O)N(C)C)s2)cc1. The molecular weight excluding hydrogens is 354 g/mol. The summed E-state index contributed by atoms with van der Waals surface area (Å²) in [5.41, 5.74) is 1.10. The van der Waals surface area contributed by atoms with Crippen LogP contribution in [0.25, 0.3) is 0 Å². The molecule has 0 aliphatic rings. The molecule has 0 radical (unpaired) electrons. The average molecular weight is 375 g/mol. The molecule has 1 N–H and O–H groups in total. The van der Waals surface area contributed by atoms with Crippen LogP contribution in [0.1, 0.15) is 38.6 Å². The summed E-state index contributed by atoms with van der Waals surface area (Å²) in [5, 5.41) is 3.00. The van der Waals surface area contributed by atoms with Crippen LogP contribution in [0.5, 0.6) is 5.75 Å². The molecule has 1 aromatic heterocycles. The van der Waals surface area contributed by atoms with E-state index < -0.39 is 0 Å². The summed E-state index contributed by atoms with van der Waals surface area (Å²) in [4.78, 5) is 42.4. The minimum atomic E-state index is -0.315. The number of carbonyl (C=O) groups is 3.